The molecule has 0 radical (unpaired) electrons. The summed E-state index contributed by atoms with van der Waals surface area (Å²) in [5.41, 5.74) is 0. The summed E-state index contributed by atoms with van der Waals surface area (Å²) in [6.45, 7) is 6.48. The molecule has 0 unspecified atom stereocenters. The van der Waals surface area contributed by atoms with E-state index >= 15 is 5.73 Å². The molecule has 0 N–H and O–H groups in total. The molecular formula is C28H56F2O5Sn2. The second kappa shape index (κ2) is 24.2. The molecule has 0 bridgehead atoms. The van der Waals surface area contributed by atoms with Gasteiger partial charge in [0.2, 0.25) is 0 Å². The zero-order valence-corrected chi connectivity index (χ0v) is 30.1. The molecule has 5 nitrogen and oxygen atoms in total. The molecule has 0 atom stereocenters. The average molecular weight is 748 g/mol. The van der Waals surface area contributed by atoms with E-state index in [2.05, 4.69) is 13.8 Å². The fraction of sp³-hybridized carbons (Fsp3) is 0.929. The topological polar surface area (TPSA) is 61.8 Å². The van der Waals surface area contributed by atoms with E-state index in [9.17, 15) is 9.59 Å². The number of unbranched alkanes of at least 4 members (excludes halogenated alkanes) is 18. The predicted octanol–water partition coefficient (Wildman–Crippen LogP) is 9.79. The number of hydrogen-bond acceptors (Lipinski definition) is 5. The Balaban J connectivity index is 4.63. The Bertz CT molecular complexity index is 541. The maximum atomic E-state index is 16.1. The van der Waals surface area contributed by atoms with E-state index in [-0.39, 0.29) is 8.87 Å². The monoisotopic (exact) mass is 750 g/mol. The second-order valence-electron chi connectivity index (χ2n) is 10.5. The van der Waals surface area contributed by atoms with Crippen LogP contribution in [-0.4, -0.2) is 51.5 Å². The van der Waals surface area contributed by atoms with Crippen LogP contribution < -0.4 is 0 Å². The second-order valence-corrected chi connectivity index (χ2v) is 26.8. The van der Waals surface area contributed by atoms with Crippen molar-refractivity contribution >= 4 is 51.5 Å². The van der Waals surface area contributed by atoms with Gasteiger partial charge in [-0.25, -0.2) is 0 Å². The van der Waals surface area contributed by atoms with Crippen molar-refractivity contribution < 1.29 is 22.9 Å². The molecule has 0 aliphatic heterocycles. The summed E-state index contributed by atoms with van der Waals surface area (Å²) < 4.78 is 46.6. The van der Waals surface area contributed by atoms with E-state index in [4.69, 9.17) is 7.56 Å². The molecule has 0 aromatic rings. The first-order chi connectivity index (χ1) is 17.7. The molecule has 0 saturated carbocycles. The van der Waals surface area contributed by atoms with Gasteiger partial charge in [0, 0.05) is 0 Å². The first-order valence-corrected chi connectivity index (χ1v) is 26.0. The Morgan fingerprint density at radius 3 is 1.05 bits per heavy atom. The van der Waals surface area contributed by atoms with Gasteiger partial charge in [0.15, 0.2) is 0 Å². The van der Waals surface area contributed by atoms with Crippen LogP contribution in [0.1, 0.15) is 156 Å². The summed E-state index contributed by atoms with van der Waals surface area (Å²) in [4.78, 5) is 22.9. The SMILES string of the molecule is CCCCCCCCCCC[CH2][Sn]([F])([CH2]CCCCCCCCCCC)[O][Sn]([F])([O]C(C)=O)[O]C(C)=O. The summed E-state index contributed by atoms with van der Waals surface area (Å²) in [6, 6.07) is 0. The molecule has 9 heteroatoms. The summed E-state index contributed by atoms with van der Waals surface area (Å²) in [7, 11) is 0. The minimum absolute atomic E-state index is 0.216. The number of halogens is 2. The quantitative estimate of drug-likeness (QED) is 0.0652. The van der Waals surface area contributed by atoms with Crippen LogP contribution >= 0.6 is 0 Å². The third-order valence-corrected chi connectivity index (χ3v) is 29.4. The molecule has 0 aliphatic carbocycles. The number of carbonyl (C=O) groups is 2. The Kier molecular flexibility index (Phi) is 24.4. The van der Waals surface area contributed by atoms with Gasteiger partial charge in [-0.05, 0) is 0 Å². The van der Waals surface area contributed by atoms with E-state index in [1.54, 1.807) is 0 Å². The van der Waals surface area contributed by atoms with Crippen molar-refractivity contribution in [2.75, 3.05) is 0 Å². The van der Waals surface area contributed by atoms with Crippen LogP contribution in [0, 0.1) is 0 Å². The summed E-state index contributed by atoms with van der Waals surface area (Å²) in [5, 5.41) is 0. The van der Waals surface area contributed by atoms with Crippen molar-refractivity contribution in [3.63, 3.8) is 0 Å². The third kappa shape index (κ3) is 23.9. The van der Waals surface area contributed by atoms with Crippen LogP contribution in [0.3, 0.4) is 0 Å². The molecule has 220 valence electrons. The summed E-state index contributed by atoms with van der Waals surface area (Å²) in [6.07, 6.45) is 22.5. The van der Waals surface area contributed by atoms with Gasteiger partial charge in [0.1, 0.15) is 0 Å². The summed E-state index contributed by atoms with van der Waals surface area (Å²) in [5.74, 6) is -1.88. The van der Waals surface area contributed by atoms with Crippen molar-refractivity contribution in [3.05, 3.63) is 0 Å². The van der Waals surface area contributed by atoms with Gasteiger partial charge in [0.05, 0.1) is 0 Å². The van der Waals surface area contributed by atoms with E-state index < -0.39 is 51.5 Å². The molecule has 0 aromatic heterocycles. The van der Waals surface area contributed by atoms with E-state index in [1.807, 2.05) is 0 Å². The molecule has 0 aromatic carbocycles. The molecule has 0 rings (SSSR count). The Morgan fingerprint density at radius 2 is 0.784 bits per heavy atom. The minimum atomic E-state index is -6.06. The van der Waals surface area contributed by atoms with Gasteiger partial charge >= 0.3 is 239 Å². The van der Waals surface area contributed by atoms with Gasteiger partial charge in [-0.15, -0.1) is 0 Å². The summed E-state index contributed by atoms with van der Waals surface area (Å²) >= 11 is -11.0. The van der Waals surface area contributed by atoms with Gasteiger partial charge in [-0.1, -0.05) is 0 Å². The van der Waals surface area contributed by atoms with Crippen LogP contribution in [0.5, 0.6) is 0 Å². The van der Waals surface area contributed by atoms with Crippen LogP contribution in [0.4, 0.5) is 5.73 Å². The van der Waals surface area contributed by atoms with Crippen molar-refractivity contribution in [3.8, 4) is 0 Å². The molecule has 37 heavy (non-hydrogen) atoms. The zero-order valence-electron chi connectivity index (χ0n) is 24.4. The van der Waals surface area contributed by atoms with Crippen molar-refractivity contribution in [2.45, 2.75) is 165 Å². The zero-order chi connectivity index (χ0) is 27.8. The van der Waals surface area contributed by atoms with Gasteiger partial charge < -0.3 is 0 Å². The van der Waals surface area contributed by atoms with E-state index in [1.165, 1.54) is 77.0 Å². The molecule has 0 amide bonds. The first-order valence-electron chi connectivity index (χ1n) is 15.1. The number of carbonyl (C=O) groups excluding carboxylic acids is 2. The number of hydrogen-bond donors (Lipinski definition) is 0. The Hall–Kier alpha value is 0.357. The van der Waals surface area contributed by atoms with E-state index in [0.717, 1.165) is 52.4 Å². The normalized spacial score (nSPS) is 12.1. The molecule has 0 aliphatic rings. The fourth-order valence-corrected chi connectivity index (χ4v) is 27.8. The predicted molar refractivity (Wildman–Crippen MR) is 152 cm³/mol. The van der Waals surface area contributed by atoms with Gasteiger partial charge in [-0.3, -0.25) is 0 Å². The van der Waals surface area contributed by atoms with E-state index in [0.29, 0.717) is 12.8 Å². The number of rotatable bonds is 26. The van der Waals surface area contributed by atoms with Crippen LogP contribution in [0.15, 0.2) is 0 Å². The Morgan fingerprint density at radius 1 is 0.514 bits per heavy atom. The van der Waals surface area contributed by atoms with Gasteiger partial charge in [0.25, 0.3) is 0 Å². The van der Waals surface area contributed by atoms with Gasteiger partial charge in [-0.2, -0.15) is 0 Å². The third-order valence-electron chi connectivity index (χ3n) is 6.64. The molecule has 0 saturated heterocycles. The van der Waals surface area contributed by atoms with Crippen molar-refractivity contribution in [1.29, 1.82) is 0 Å². The first kappa shape index (κ1) is 37.4. The molecule has 0 heterocycles. The Labute approximate surface area is 238 Å². The van der Waals surface area contributed by atoms with Crippen molar-refractivity contribution in [1.82, 2.24) is 0 Å². The average Bonchev–Trinajstić information content (AvgIpc) is 2.80. The molecular weight excluding hydrogens is 692 g/mol. The maximum absolute atomic E-state index is 16.1. The van der Waals surface area contributed by atoms with Crippen molar-refractivity contribution in [2.24, 2.45) is 0 Å². The standard InChI is InChI=1S/2C12H25.2C2H4O2.2FH.O.2Sn/c2*1-3-5-7-9-11-12-10-8-6-4-2;2*1-2(3)4;;;;;/h2*1,3-12H2,2H3;2*1H3,(H,3,4);2*1H;;;/q;;;;;;;+1;+3/p-4. The van der Waals surface area contributed by atoms with Crippen LogP contribution in [-0.2, 0) is 17.1 Å². The molecule has 0 spiro atoms. The fourth-order valence-electron chi connectivity index (χ4n) is 4.60. The van der Waals surface area contributed by atoms with Crippen LogP contribution in [0.2, 0.25) is 8.87 Å². The van der Waals surface area contributed by atoms with Crippen LogP contribution in [0.25, 0.3) is 0 Å². The molecule has 0 fully saturated rings.